The molecule has 4 aliphatic heterocycles. The molecule has 0 radical (unpaired) electrons. The van der Waals surface area contributed by atoms with Crippen LogP contribution in [0.25, 0.3) is 0 Å². The first kappa shape index (κ1) is 61.8. The van der Waals surface area contributed by atoms with Crippen LogP contribution in [-0.4, -0.2) is 232 Å². The molecule has 4 heterocycles. The molecule has 36 nitrogen and oxygen atoms in total. The van der Waals surface area contributed by atoms with Crippen LogP contribution < -0.4 is 10.6 Å². The summed E-state index contributed by atoms with van der Waals surface area (Å²) in [6, 6.07) is -3.52. The van der Waals surface area contributed by atoms with Gasteiger partial charge in [0.2, 0.25) is 11.8 Å². The van der Waals surface area contributed by atoms with Crippen molar-refractivity contribution in [1.29, 1.82) is 0 Å². The van der Waals surface area contributed by atoms with E-state index in [4.69, 9.17) is 52.0 Å². The first-order valence-corrected chi connectivity index (χ1v) is 24.2. The highest BCUT2D eigenvalue weighted by molar-refractivity contribution is 7.90. The molecule has 13 N–H and O–H groups in total. The number of aliphatic hydroxyl groups excluding tert-OH is 5. The summed E-state index contributed by atoms with van der Waals surface area (Å²) in [4.78, 5) is 50.3. The summed E-state index contributed by atoms with van der Waals surface area (Å²) < 4.78 is 134. The van der Waals surface area contributed by atoms with Gasteiger partial charge in [0.15, 0.2) is 55.7 Å². The summed E-state index contributed by atoms with van der Waals surface area (Å²) >= 11 is -0.431. The van der Waals surface area contributed by atoms with Gasteiger partial charge in [0.1, 0.15) is 79.3 Å². The molecule has 20 atom stereocenters. The minimum absolute atomic E-state index is 0.0453. The quantitative estimate of drug-likeness (QED) is 0.00911. The lowest BCUT2D eigenvalue weighted by Gasteiger charge is -2.50. The Balaban J connectivity index is 1.80. The van der Waals surface area contributed by atoms with Crippen molar-refractivity contribution in [3.8, 4) is 0 Å². The smallest absolute Gasteiger partial charge is 0.397 e. The van der Waals surface area contributed by atoms with E-state index in [2.05, 4.69) is 44.3 Å². The van der Waals surface area contributed by atoms with Crippen LogP contribution >= 0.6 is 24.6 Å². The number of carbonyl (C=O) groups is 4. The number of hydrogen-bond acceptors (Lipinski definition) is 32. The monoisotopic (exact) mass is 1130 g/mol. The maximum atomic E-state index is 13.0. The normalized spacial score (nSPS) is 37.6. The van der Waals surface area contributed by atoms with Gasteiger partial charge in [0, 0.05) is 13.8 Å². The molecule has 416 valence electrons. The van der Waals surface area contributed by atoms with Crippen LogP contribution in [0.15, 0.2) is 12.7 Å². The molecule has 40 heteroatoms. The summed E-state index contributed by atoms with van der Waals surface area (Å²) in [5.41, 5.74) is 0. The van der Waals surface area contributed by atoms with Crippen LogP contribution in [0.5, 0.6) is 0 Å². The lowest BCUT2D eigenvalue weighted by atomic mass is 9.89. The van der Waals surface area contributed by atoms with Crippen LogP contribution in [0, 0.1) is 0 Å². The van der Waals surface area contributed by atoms with Crippen molar-refractivity contribution >= 4 is 69.2 Å². The van der Waals surface area contributed by atoms with Crippen molar-refractivity contribution < 1.29 is 160 Å². The fourth-order valence-corrected chi connectivity index (χ4v) is 8.94. The van der Waals surface area contributed by atoms with Crippen molar-refractivity contribution in [1.82, 2.24) is 10.6 Å². The molecule has 0 spiro atoms. The minimum Gasteiger partial charge on any atom is -0.479 e. The molecule has 4 rings (SSSR count). The zero-order valence-corrected chi connectivity index (χ0v) is 39.9. The van der Waals surface area contributed by atoms with Gasteiger partial charge in [-0.05, 0) is 12.8 Å². The molecule has 0 aliphatic carbocycles. The molecule has 4 fully saturated rings. The molecular weight excluding hydrogens is 1080 g/mol. The van der Waals surface area contributed by atoms with Crippen molar-refractivity contribution in [2.45, 2.75) is 149 Å². The molecule has 0 bridgehead atoms. The summed E-state index contributed by atoms with van der Waals surface area (Å²) in [5, 5.41) is 104. The van der Waals surface area contributed by atoms with Gasteiger partial charge in [0.25, 0.3) is 0 Å². The summed E-state index contributed by atoms with van der Waals surface area (Å²) in [5.74, 6) is -5.76. The van der Waals surface area contributed by atoms with Gasteiger partial charge in [-0.15, -0.1) is 15.2 Å². The second-order valence-corrected chi connectivity index (χ2v) is 18.4. The van der Waals surface area contributed by atoms with E-state index >= 15 is 0 Å². The number of rotatable bonds is 27. The van der Waals surface area contributed by atoms with Crippen LogP contribution in [0.3, 0.4) is 0 Å². The number of hydrogen-bond donors (Lipinski definition) is 13. The van der Waals surface area contributed by atoms with Crippen molar-refractivity contribution in [2.24, 2.45) is 0 Å². The van der Waals surface area contributed by atoms with Gasteiger partial charge in [-0.1, -0.05) is 16.2 Å². The Kier molecular flexibility index (Phi) is 23.9. The molecule has 0 aromatic carbocycles. The highest BCUT2D eigenvalue weighted by Gasteiger charge is 2.59. The van der Waals surface area contributed by atoms with Gasteiger partial charge in [-0.25, -0.2) is 28.5 Å². The zero-order chi connectivity index (χ0) is 53.8. The number of amides is 2. The summed E-state index contributed by atoms with van der Waals surface area (Å²) in [6.07, 6.45) is -37.9. The largest absolute Gasteiger partial charge is 0.479 e. The van der Waals surface area contributed by atoms with Gasteiger partial charge < -0.3 is 79.5 Å². The molecule has 4 saturated heterocycles. The van der Waals surface area contributed by atoms with Crippen LogP contribution in [-0.2, 0) is 109 Å². The van der Waals surface area contributed by atoms with Gasteiger partial charge >= 0.3 is 32.7 Å². The standard InChI is InChI=1S/C32H50N2O34S4/c1-4-5-6-11-14(33-9(2)35)23(21(63-69-67-65-46)12(56-11)7-54-71(48,49)50)58-32-20(41)18(39)25(27(62-32)29(44)45)60-30-15(34-10(3)36)24(59-31-19(40)16(37)17(38)26(61-31)28(42)43)22(64-70-68-66-47)13(57-30)8-55-72(51,52)53/h4,11-27,30-32,37-41,46-47H,1,5-8H2,2-3H3,(H,33,35)(H,34,36)(H,42,43)(H,44,45)(H,48,49,50)(H,51,52,53). The predicted octanol–water partition coefficient (Wildman–Crippen LogP) is -5.59. The molecular formula is C32H50N2O34S4. The number of carboxylic acids is 2. The third-order valence-corrected chi connectivity index (χ3v) is 12.2. The van der Waals surface area contributed by atoms with Crippen molar-refractivity contribution in [2.75, 3.05) is 13.2 Å². The van der Waals surface area contributed by atoms with E-state index in [0.29, 0.717) is 0 Å². The fraction of sp³-hybridized carbons (Fsp3) is 0.812. The SMILES string of the molecule is C=CCCC1OC(COS(=O)(=O)O)C(OSOOO)C(OC2OC(C(=O)O)C(OC3OC(COS(=O)(=O)O)C(OSOOO)C(OC4OC(C(=O)O)C(O)C(O)C4O)C3NC(C)=O)C(O)C2O)C1NC(C)=O. The number of nitrogens with one attached hydrogen (secondary N) is 2. The number of allylic oxidation sites excluding steroid dienone is 1. The Hall–Kier alpha value is -2.74. The Morgan fingerprint density at radius 2 is 1.03 bits per heavy atom. The lowest BCUT2D eigenvalue weighted by molar-refractivity contribution is -0.435. The summed E-state index contributed by atoms with van der Waals surface area (Å²) in [6.45, 7) is 3.05. The zero-order valence-electron chi connectivity index (χ0n) is 36.6. The molecule has 2 amide bonds. The molecule has 20 unspecified atom stereocenters. The van der Waals surface area contributed by atoms with Crippen LogP contribution in [0.4, 0.5) is 0 Å². The molecule has 72 heavy (non-hydrogen) atoms. The number of aliphatic carboxylic acids is 2. The van der Waals surface area contributed by atoms with Crippen LogP contribution in [0.2, 0.25) is 0 Å². The maximum Gasteiger partial charge on any atom is 0.397 e. The van der Waals surface area contributed by atoms with Crippen molar-refractivity contribution in [3.63, 3.8) is 0 Å². The van der Waals surface area contributed by atoms with Crippen LogP contribution in [0.1, 0.15) is 26.7 Å². The minimum atomic E-state index is -5.41. The lowest BCUT2D eigenvalue weighted by Crippen LogP contribution is -2.71. The average molecular weight is 1140 g/mol. The van der Waals surface area contributed by atoms with E-state index in [1.807, 2.05) is 0 Å². The molecule has 0 saturated carbocycles. The third kappa shape index (κ3) is 17.1. The molecule has 4 aliphatic rings. The number of aliphatic hydroxyl groups is 5. The van der Waals surface area contributed by atoms with E-state index < -0.39 is 180 Å². The van der Waals surface area contributed by atoms with E-state index in [0.717, 1.165) is 13.8 Å². The van der Waals surface area contributed by atoms with Crippen molar-refractivity contribution in [3.05, 3.63) is 12.7 Å². The maximum absolute atomic E-state index is 13.0. The summed E-state index contributed by atoms with van der Waals surface area (Å²) in [7, 11) is -10.6. The number of ether oxygens (including phenoxy) is 7. The average Bonchev–Trinajstić information content (AvgIpc) is 3.28. The first-order valence-electron chi connectivity index (χ1n) is 20.2. The first-order chi connectivity index (χ1) is 33.7. The molecule has 0 aromatic rings. The Bertz CT molecular complexity index is 2030. The highest BCUT2D eigenvalue weighted by atomic mass is 32.3. The van der Waals surface area contributed by atoms with Gasteiger partial charge in [0.05, 0.1) is 25.4 Å². The topological polar surface area (TPSA) is 522 Å². The van der Waals surface area contributed by atoms with Gasteiger partial charge in [-0.2, -0.15) is 16.8 Å². The Morgan fingerprint density at radius 1 is 0.583 bits per heavy atom. The van der Waals surface area contributed by atoms with Gasteiger partial charge in [-0.3, -0.25) is 27.1 Å². The predicted molar refractivity (Wildman–Crippen MR) is 219 cm³/mol. The Morgan fingerprint density at radius 3 is 1.49 bits per heavy atom. The molecule has 0 aromatic heterocycles. The van der Waals surface area contributed by atoms with E-state index in [1.54, 1.807) is 0 Å². The number of carboxylic acid groups (broad SMARTS) is 2. The third-order valence-electron chi connectivity index (χ3n) is 10.5. The van der Waals surface area contributed by atoms with E-state index in [9.17, 15) is 80.9 Å². The highest BCUT2D eigenvalue weighted by Crippen LogP contribution is 2.38. The Labute approximate surface area is 413 Å². The number of carbonyl (C=O) groups excluding carboxylic acids is 2. The van der Waals surface area contributed by atoms with E-state index in [-0.39, 0.29) is 37.5 Å². The second-order valence-electron chi connectivity index (χ2n) is 15.3. The second kappa shape index (κ2) is 27.9. The van der Waals surface area contributed by atoms with E-state index in [1.165, 1.54) is 6.08 Å². The fourth-order valence-electron chi connectivity index (χ4n) is 7.57.